The number of nitrogens with zero attached hydrogens (tertiary/aromatic N) is 1. The third-order valence-electron chi connectivity index (χ3n) is 3.95. The van der Waals surface area contributed by atoms with E-state index in [-0.39, 0.29) is 37.2 Å². The van der Waals surface area contributed by atoms with E-state index >= 15 is 0 Å². The van der Waals surface area contributed by atoms with E-state index in [9.17, 15) is 14.4 Å². The van der Waals surface area contributed by atoms with Gasteiger partial charge in [0.05, 0.1) is 11.4 Å². The fourth-order valence-electron chi connectivity index (χ4n) is 2.72. The van der Waals surface area contributed by atoms with Crippen LogP contribution in [-0.4, -0.2) is 30.7 Å². The summed E-state index contributed by atoms with van der Waals surface area (Å²) in [5.41, 5.74) is 1.60. The van der Waals surface area contributed by atoms with Crippen molar-refractivity contribution in [3.8, 4) is 5.75 Å². The summed E-state index contributed by atoms with van der Waals surface area (Å²) in [6.45, 7) is 1.66. The fourth-order valence-corrected chi connectivity index (χ4v) is 2.72. The topological polar surface area (TPSA) is 75.7 Å². The number of carbonyl (C=O) groups is 3. The van der Waals surface area contributed by atoms with Crippen LogP contribution < -0.4 is 15.0 Å². The number of hydrogen-bond donors (Lipinski definition) is 1. The maximum absolute atomic E-state index is 12.3. The van der Waals surface area contributed by atoms with E-state index < -0.39 is 0 Å². The van der Waals surface area contributed by atoms with Crippen LogP contribution in [0.5, 0.6) is 5.75 Å². The van der Waals surface area contributed by atoms with E-state index in [1.165, 1.54) is 6.92 Å². The second kappa shape index (κ2) is 7.17. The summed E-state index contributed by atoms with van der Waals surface area (Å²) in [5, 5.41) is 2.74. The largest absolute Gasteiger partial charge is 0.482 e. The summed E-state index contributed by atoms with van der Waals surface area (Å²) in [4.78, 5) is 37.5. The van der Waals surface area contributed by atoms with Crippen molar-refractivity contribution in [1.29, 1.82) is 0 Å². The zero-order chi connectivity index (χ0) is 17.8. The molecular weight excluding hydrogens is 320 g/mol. The quantitative estimate of drug-likeness (QED) is 0.851. The molecule has 2 aromatic rings. The average molecular weight is 338 g/mol. The van der Waals surface area contributed by atoms with E-state index in [2.05, 4.69) is 5.32 Å². The van der Waals surface area contributed by atoms with Crippen LogP contribution in [0.25, 0.3) is 0 Å². The molecule has 2 amide bonds. The highest BCUT2D eigenvalue weighted by molar-refractivity contribution is 6.04. The lowest BCUT2D eigenvalue weighted by Crippen LogP contribution is -2.40. The highest BCUT2D eigenvalue weighted by Gasteiger charge is 2.25. The minimum absolute atomic E-state index is 0.0359. The van der Waals surface area contributed by atoms with Gasteiger partial charge < -0.3 is 15.0 Å². The molecular formula is C19H18N2O4. The molecule has 0 saturated heterocycles. The van der Waals surface area contributed by atoms with Crippen molar-refractivity contribution in [3.05, 3.63) is 54.1 Å². The number of nitrogens with one attached hydrogen (secondary N) is 1. The summed E-state index contributed by atoms with van der Waals surface area (Å²) in [6.07, 6.45) is 0.117. The van der Waals surface area contributed by atoms with E-state index in [4.69, 9.17) is 4.74 Å². The molecule has 6 heteroatoms. The number of amides is 2. The second-order valence-corrected chi connectivity index (χ2v) is 5.70. The molecule has 0 radical (unpaired) electrons. The number of Topliss-reactive ketones (excluding diaryl/α,β-unsaturated/α-hetero) is 1. The van der Waals surface area contributed by atoms with Crippen LogP contribution in [0.3, 0.4) is 0 Å². The van der Waals surface area contributed by atoms with Gasteiger partial charge in [-0.15, -0.1) is 0 Å². The van der Waals surface area contributed by atoms with Crippen molar-refractivity contribution in [1.82, 2.24) is 0 Å². The van der Waals surface area contributed by atoms with E-state index in [0.717, 1.165) is 0 Å². The van der Waals surface area contributed by atoms with E-state index in [1.807, 2.05) is 12.1 Å². The van der Waals surface area contributed by atoms with Gasteiger partial charge in [0.1, 0.15) is 5.75 Å². The van der Waals surface area contributed by atoms with Gasteiger partial charge in [-0.25, -0.2) is 0 Å². The number of carbonyl (C=O) groups excluding carboxylic acids is 3. The Morgan fingerprint density at radius 1 is 1.12 bits per heavy atom. The smallest absolute Gasteiger partial charge is 0.265 e. The van der Waals surface area contributed by atoms with Crippen LogP contribution >= 0.6 is 0 Å². The third kappa shape index (κ3) is 3.68. The summed E-state index contributed by atoms with van der Waals surface area (Å²) >= 11 is 0. The first-order valence-electron chi connectivity index (χ1n) is 7.98. The first-order valence-corrected chi connectivity index (χ1v) is 7.98. The number of benzene rings is 2. The maximum atomic E-state index is 12.3. The molecule has 1 aliphatic rings. The molecule has 2 aromatic carbocycles. The van der Waals surface area contributed by atoms with Gasteiger partial charge in [-0.3, -0.25) is 14.4 Å². The Bertz CT molecular complexity index is 832. The van der Waals surface area contributed by atoms with Crippen LogP contribution in [0.4, 0.5) is 11.4 Å². The van der Waals surface area contributed by atoms with Crippen molar-refractivity contribution in [3.63, 3.8) is 0 Å². The Morgan fingerprint density at radius 3 is 2.64 bits per heavy atom. The minimum atomic E-state index is -0.259. The molecule has 6 nitrogen and oxygen atoms in total. The van der Waals surface area contributed by atoms with Crippen molar-refractivity contribution >= 4 is 29.0 Å². The second-order valence-electron chi connectivity index (χ2n) is 5.70. The van der Waals surface area contributed by atoms with Gasteiger partial charge in [-0.2, -0.15) is 0 Å². The number of hydrogen-bond acceptors (Lipinski definition) is 4. The Hall–Kier alpha value is -3.15. The van der Waals surface area contributed by atoms with Crippen LogP contribution in [0, 0.1) is 0 Å². The zero-order valence-electron chi connectivity index (χ0n) is 13.8. The minimum Gasteiger partial charge on any atom is -0.482 e. The molecule has 0 unspecified atom stereocenters. The lowest BCUT2D eigenvalue weighted by atomic mass is 10.1. The van der Waals surface area contributed by atoms with Crippen LogP contribution in [0.1, 0.15) is 23.7 Å². The Labute approximate surface area is 145 Å². The molecule has 25 heavy (non-hydrogen) atoms. The fraction of sp³-hybridized carbons (Fsp3) is 0.211. The number of rotatable bonds is 5. The lowest BCUT2D eigenvalue weighted by molar-refractivity contribution is -0.121. The van der Waals surface area contributed by atoms with Gasteiger partial charge in [-0.05, 0) is 31.2 Å². The first kappa shape index (κ1) is 16.7. The highest BCUT2D eigenvalue weighted by Crippen LogP contribution is 2.31. The first-order chi connectivity index (χ1) is 12.1. The number of ketones is 1. The predicted molar refractivity (Wildman–Crippen MR) is 94.0 cm³/mol. The van der Waals surface area contributed by atoms with E-state index in [1.54, 1.807) is 41.3 Å². The summed E-state index contributed by atoms with van der Waals surface area (Å²) in [7, 11) is 0. The third-order valence-corrected chi connectivity index (χ3v) is 3.95. The standard InChI is InChI=1S/C19H18N2O4/c1-13(22)14-6-2-3-7-15(14)20-18(23)10-11-21-16-8-4-5-9-17(16)25-12-19(21)24/h2-9H,10-12H2,1H3,(H,20,23). The molecule has 0 saturated carbocycles. The van der Waals surface area contributed by atoms with Gasteiger partial charge in [0.25, 0.3) is 5.91 Å². The predicted octanol–water partition coefficient (Wildman–Crippen LogP) is 2.64. The van der Waals surface area contributed by atoms with Crippen molar-refractivity contribution in [2.24, 2.45) is 0 Å². The molecule has 0 bridgehead atoms. The normalized spacial score (nSPS) is 13.0. The molecule has 0 fully saturated rings. The van der Waals surface area contributed by atoms with Crippen molar-refractivity contribution < 1.29 is 19.1 Å². The molecule has 1 heterocycles. The number of fused-ring (bicyclic) bond motifs is 1. The van der Waals surface area contributed by atoms with Gasteiger partial charge in [0.2, 0.25) is 5.91 Å². The van der Waals surface area contributed by atoms with Crippen LogP contribution in [0.15, 0.2) is 48.5 Å². The zero-order valence-corrected chi connectivity index (χ0v) is 13.8. The average Bonchev–Trinajstić information content (AvgIpc) is 2.61. The van der Waals surface area contributed by atoms with Crippen molar-refractivity contribution in [2.45, 2.75) is 13.3 Å². The molecule has 0 aromatic heterocycles. The molecule has 3 rings (SSSR count). The SMILES string of the molecule is CC(=O)c1ccccc1NC(=O)CCN1C(=O)COc2ccccc21. The maximum Gasteiger partial charge on any atom is 0.265 e. The van der Waals surface area contributed by atoms with Crippen molar-refractivity contribution in [2.75, 3.05) is 23.4 Å². The summed E-state index contributed by atoms with van der Waals surface area (Å²) in [6, 6.07) is 14.1. The monoisotopic (exact) mass is 338 g/mol. The highest BCUT2D eigenvalue weighted by atomic mass is 16.5. The number of ether oxygens (including phenoxy) is 1. The van der Waals surface area contributed by atoms with Gasteiger partial charge >= 0.3 is 0 Å². The van der Waals surface area contributed by atoms with Gasteiger partial charge in [-0.1, -0.05) is 24.3 Å². The Morgan fingerprint density at radius 2 is 1.84 bits per heavy atom. The molecule has 128 valence electrons. The number of para-hydroxylation sites is 3. The molecule has 1 N–H and O–H groups in total. The Balaban J connectivity index is 1.67. The van der Waals surface area contributed by atoms with E-state index in [0.29, 0.717) is 22.7 Å². The van der Waals surface area contributed by atoms with Gasteiger partial charge in [0.15, 0.2) is 12.4 Å². The van der Waals surface area contributed by atoms with Crippen LogP contribution in [0.2, 0.25) is 0 Å². The van der Waals surface area contributed by atoms with Gasteiger partial charge in [0, 0.05) is 18.5 Å². The summed E-state index contributed by atoms with van der Waals surface area (Å²) in [5.74, 6) is 0.0683. The molecule has 0 spiro atoms. The van der Waals surface area contributed by atoms with Crippen LogP contribution in [-0.2, 0) is 9.59 Å². The molecule has 1 aliphatic heterocycles. The number of anilines is 2. The molecule has 0 atom stereocenters. The lowest BCUT2D eigenvalue weighted by Gasteiger charge is -2.29. The summed E-state index contributed by atoms with van der Waals surface area (Å²) < 4.78 is 5.38. The molecule has 0 aliphatic carbocycles. The Kier molecular flexibility index (Phi) is 4.79.